The highest BCUT2D eigenvalue weighted by molar-refractivity contribution is 7.09. The molecule has 0 spiro atoms. The quantitative estimate of drug-likeness (QED) is 0.496. The number of fused-ring (bicyclic) bond motifs is 1. The van der Waals surface area contributed by atoms with Crippen molar-refractivity contribution in [1.29, 1.82) is 0 Å². The topological polar surface area (TPSA) is 63.8 Å². The predicted octanol–water partition coefficient (Wildman–Crippen LogP) is 4.55. The van der Waals surface area contributed by atoms with Gasteiger partial charge in [-0.05, 0) is 42.8 Å². The van der Waals surface area contributed by atoms with Crippen LogP contribution in [0.15, 0.2) is 53.0 Å². The van der Waals surface area contributed by atoms with Gasteiger partial charge in [0.2, 0.25) is 5.90 Å². The number of nitrogens with zero attached hydrogens (tertiary/aromatic N) is 4. The van der Waals surface area contributed by atoms with Crippen LogP contribution in [0.3, 0.4) is 0 Å². The summed E-state index contributed by atoms with van der Waals surface area (Å²) in [5.74, 6) is 1.38. The molecule has 0 atom stereocenters. The average molecular weight is 422 g/mol. The number of nitrogens with one attached hydrogen (secondary N) is 1. The van der Waals surface area contributed by atoms with Gasteiger partial charge in [-0.2, -0.15) is 0 Å². The number of aliphatic imine (C=N–C) groups is 1. The monoisotopic (exact) mass is 421 g/mol. The smallest absolute Gasteiger partial charge is 0.217 e. The van der Waals surface area contributed by atoms with E-state index in [1.54, 1.807) is 23.5 Å². The third-order valence-electron chi connectivity index (χ3n) is 4.96. The van der Waals surface area contributed by atoms with Gasteiger partial charge in [0.25, 0.3) is 0 Å². The lowest BCUT2D eigenvalue weighted by Crippen LogP contribution is -2.06. The first-order valence-electron chi connectivity index (χ1n) is 9.84. The molecule has 4 heterocycles. The number of aromatic nitrogens is 3. The van der Waals surface area contributed by atoms with Crippen LogP contribution < -0.4 is 5.32 Å². The second-order valence-corrected chi connectivity index (χ2v) is 7.87. The van der Waals surface area contributed by atoms with Crippen LogP contribution in [0.25, 0.3) is 16.9 Å². The molecule has 3 aromatic heterocycles. The minimum absolute atomic E-state index is 0.246. The van der Waals surface area contributed by atoms with E-state index in [4.69, 9.17) is 14.7 Å². The van der Waals surface area contributed by atoms with Gasteiger partial charge in [0.1, 0.15) is 28.9 Å². The van der Waals surface area contributed by atoms with Crippen LogP contribution in [0.5, 0.6) is 0 Å². The maximum atomic E-state index is 13.2. The van der Waals surface area contributed by atoms with Gasteiger partial charge in [0, 0.05) is 17.1 Å². The Bertz CT molecular complexity index is 1230. The molecule has 0 bridgehead atoms. The number of rotatable bonds is 6. The van der Waals surface area contributed by atoms with Crippen molar-refractivity contribution in [3.8, 4) is 11.3 Å². The van der Waals surface area contributed by atoms with Gasteiger partial charge in [0.15, 0.2) is 0 Å². The van der Waals surface area contributed by atoms with Crippen LogP contribution in [0.4, 0.5) is 10.2 Å². The normalized spacial score (nSPS) is 13.5. The van der Waals surface area contributed by atoms with Gasteiger partial charge in [-0.1, -0.05) is 6.92 Å². The maximum absolute atomic E-state index is 13.2. The molecule has 152 valence electrons. The number of pyridine rings is 1. The lowest BCUT2D eigenvalue weighted by molar-refractivity contribution is 0.348. The molecule has 0 fully saturated rings. The predicted molar refractivity (Wildman–Crippen MR) is 117 cm³/mol. The molecule has 0 saturated carbocycles. The number of imidazole rings is 1. The SMILES string of the molecule is CCc1nc2ccc(C3=NCCO3)cn2c1NCc1nc(-c2ccc(F)cc2)cs1. The minimum atomic E-state index is -0.246. The Labute approximate surface area is 177 Å². The zero-order valence-corrected chi connectivity index (χ0v) is 17.2. The molecule has 5 rings (SSSR count). The number of hydrogen-bond donors (Lipinski definition) is 1. The molecule has 30 heavy (non-hydrogen) atoms. The summed E-state index contributed by atoms with van der Waals surface area (Å²) in [5.41, 5.74) is 4.57. The summed E-state index contributed by atoms with van der Waals surface area (Å²) in [7, 11) is 0. The average Bonchev–Trinajstić information content (AvgIpc) is 3.52. The van der Waals surface area contributed by atoms with E-state index in [1.165, 1.54) is 12.1 Å². The molecule has 1 aliphatic heterocycles. The highest BCUT2D eigenvalue weighted by Crippen LogP contribution is 2.25. The first kappa shape index (κ1) is 18.7. The fourth-order valence-corrected chi connectivity index (χ4v) is 4.21. The first-order chi connectivity index (χ1) is 14.7. The largest absolute Gasteiger partial charge is 0.475 e. The second-order valence-electron chi connectivity index (χ2n) is 6.93. The molecule has 4 aromatic rings. The van der Waals surface area contributed by atoms with E-state index in [0.29, 0.717) is 25.6 Å². The van der Waals surface area contributed by atoms with Gasteiger partial charge in [-0.25, -0.2) is 19.4 Å². The van der Waals surface area contributed by atoms with Crippen molar-refractivity contribution < 1.29 is 9.13 Å². The molecular formula is C22H20FN5OS. The first-order valence-corrected chi connectivity index (χ1v) is 10.7. The summed E-state index contributed by atoms with van der Waals surface area (Å²) in [4.78, 5) is 13.8. The standard InChI is InChI=1S/C22H20FN5OS/c1-2-17-21(28-12-15(5-8-19(28)26-17)22-24-9-10-29-22)25-11-20-27-18(13-30-20)14-3-6-16(23)7-4-14/h3-8,12-13,25H,2,9-11H2,1H3. The number of anilines is 1. The van der Waals surface area contributed by atoms with Crippen molar-refractivity contribution in [1.82, 2.24) is 14.4 Å². The van der Waals surface area contributed by atoms with Crippen molar-refractivity contribution in [3.63, 3.8) is 0 Å². The molecule has 1 N–H and O–H groups in total. The van der Waals surface area contributed by atoms with E-state index in [-0.39, 0.29) is 5.82 Å². The zero-order chi connectivity index (χ0) is 20.5. The second kappa shape index (κ2) is 7.87. The number of thiazole rings is 1. The van der Waals surface area contributed by atoms with Crippen LogP contribution in [0.1, 0.15) is 23.2 Å². The summed E-state index contributed by atoms with van der Waals surface area (Å²) in [5, 5.41) is 6.45. The van der Waals surface area contributed by atoms with Crippen molar-refractivity contribution in [2.45, 2.75) is 19.9 Å². The summed E-state index contributed by atoms with van der Waals surface area (Å²) < 4.78 is 20.8. The summed E-state index contributed by atoms with van der Waals surface area (Å²) >= 11 is 1.58. The lowest BCUT2D eigenvalue weighted by Gasteiger charge is -2.08. The summed E-state index contributed by atoms with van der Waals surface area (Å²) in [6, 6.07) is 10.4. The van der Waals surface area contributed by atoms with E-state index in [9.17, 15) is 4.39 Å². The van der Waals surface area contributed by atoms with Gasteiger partial charge in [-0.3, -0.25) is 4.40 Å². The number of ether oxygens (including phenoxy) is 1. The molecule has 0 saturated heterocycles. The Morgan fingerprint density at radius 1 is 1.13 bits per heavy atom. The highest BCUT2D eigenvalue weighted by atomic mass is 32.1. The molecule has 0 radical (unpaired) electrons. The van der Waals surface area contributed by atoms with Crippen LogP contribution in [-0.2, 0) is 17.7 Å². The van der Waals surface area contributed by atoms with E-state index in [2.05, 4.69) is 17.2 Å². The molecule has 8 heteroatoms. The lowest BCUT2D eigenvalue weighted by atomic mass is 10.2. The van der Waals surface area contributed by atoms with Gasteiger partial charge in [0.05, 0.1) is 30.0 Å². The molecule has 0 aliphatic carbocycles. The van der Waals surface area contributed by atoms with E-state index >= 15 is 0 Å². The number of benzene rings is 1. The van der Waals surface area contributed by atoms with Crippen LogP contribution >= 0.6 is 11.3 Å². The third-order valence-corrected chi connectivity index (χ3v) is 5.81. The number of halogens is 1. The van der Waals surface area contributed by atoms with Crippen LogP contribution in [-0.4, -0.2) is 33.4 Å². The number of hydrogen-bond acceptors (Lipinski definition) is 6. The van der Waals surface area contributed by atoms with Gasteiger partial charge >= 0.3 is 0 Å². The Balaban J connectivity index is 1.40. The molecule has 0 amide bonds. The Morgan fingerprint density at radius 2 is 1.97 bits per heavy atom. The molecule has 6 nitrogen and oxygen atoms in total. The molecule has 1 aliphatic rings. The fraction of sp³-hybridized carbons (Fsp3) is 0.227. The van der Waals surface area contributed by atoms with Crippen LogP contribution in [0.2, 0.25) is 0 Å². The maximum Gasteiger partial charge on any atom is 0.217 e. The van der Waals surface area contributed by atoms with Crippen molar-refractivity contribution in [2.24, 2.45) is 4.99 Å². The number of aryl methyl sites for hydroxylation is 1. The Hall–Kier alpha value is -3.26. The minimum Gasteiger partial charge on any atom is -0.475 e. The van der Waals surface area contributed by atoms with Gasteiger partial charge in [-0.15, -0.1) is 11.3 Å². The fourth-order valence-electron chi connectivity index (χ4n) is 3.47. The Morgan fingerprint density at radius 3 is 2.73 bits per heavy atom. The molecular weight excluding hydrogens is 401 g/mol. The molecule has 0 unspecified atom stereocenters. The summed E-state index contributed by atoms with van der Waals surface area (Å²) in [6.45, 7) is 3.99. The Kier molecular flexibility index (Phi) is 4.92. The van der Waals surface area contributed by atoms with E-state index < -0.39 is 0 Å². The van der Waals surface area contributed by atoms with E-state index in [1.807, 2.05) is 28.1 Å². The third kappa shape index (κ3) is 3.54. The zero-order valence-electron chi connectivity index (χ0n) is 16.4. The van der Waals surface area contributed by atoms with Crippen molar-refractivity contribution in [3.05, 3.63) is 70.1 Å². The van der Waals surface area contributed by atoms with E-state index in [0.717, 1.165) is 45.4 Å². The molecule has 1 aromatic carbocycles. The van der Waals surface area contributed by atoms with Gasteiger partial charge < -0.3 is 10.1 Å². The van der Waals surface area contributed by atoms with Crippen molar-refractivity contribution >= 4 is 28.7 Å². The highest BCUT2D eigenvalue weighted by Gasteiger charge is 2.16. The van der Waals surface area contributed by atoms with Crippen molar-refractivity contribution in [2.75, 3.05) is 18.5 Å². The van der Waals surface area contributed by atoms with Crippen LogP contribution in [0, 0.1) is 5.82 Å². The summed E-state index contributed by atoms with van der Waals surface area (Å²) in [6.07, 6.45) is 2.83.